The Kier molecular flexibility index (Phi) is 3.25. The summed E-state index contributed by atoms with van der Waals surface area (Å²) in [5, 5.41) is 13.4. The van der Waals surface area contributed by atoms with E-state index in [0.717, 1.165) is 27.8 Å². The minimum absolute atomic E-state index is 0.112. The van der Waals surface area contributed by atoms with Crippen molar-refractivity contribution in [3.8, 4) is 5.75 Å². The van der Waals surface area contributed by atoms with Gasteiger partial charge in [0.05, 0.1) is 29.6 Å². The average molecular weight is 349 g/mol. The highest BCUT2D eigenvalue weighted by atomic mass is 16.5. The Morgan fingerprint density at radius 3 is 2.92 bits per heavy atom. The lowest BCUT2D eigenvalue weighted by atomic mass is 9.86. The van der Waals surface area contributed by atoms with Gasteiger partial charge in [-0.1, -0.05) is 0 Å². The number of hydrogen-bond donors (Lipinski definition) is 0. The molecule has 1 atom stereocenters. The summed E-state index contributed by atoms with van der Waals surface area (Å²) in [7, 11) is 3.67. The van der Waals surface area contributed by atoms with Crippen molar-refractivity contribution in [2.45, 2.75) is 12.8 Å². The fourth-order valence-electron chi connectivity index (χ4n) is 3.53. The second-order valence-corrected chi connectivity index (χ2v) is 7.13. The number of amides is 1. The number of benzene rings is 1. The zero-order chi connectivity index (χ0) is 17.8. The number of carbonyl (C=O) groups excluding carboxylic acids is 1. The lowest BCUT2D eigenvalue weighted by Crippen LogP contribution is -2.38. The van der Waals surface area contributed by atoms with E-state index in [1.807, 2.05) is 36.3 Å². The van der Waals surface area contributed by atoms with Crippen LogP contribution in [0, 0.1) is 11.8 Å². The van der Waals surface area contributed by atoms with Gasteiger partial charge in [0.1, 0.15) is 11.5 Å². The maximum absolute atomic E-state index is 12.3. The highest BCUT2D eigenvalue weighted by Crippen LogP contribution is 2.41. The van der Waals surface area contributed by atoms with Crippen LogP contribution in [0.5, 0.6) is 5.75 Å². The van der Waals surface area contributed by atoms with E-state index in [1.54, 1.807) is 18.2 Å². The first-order chi connectivity index (χ1) is 12.6. The molecule has 5 rings (SSSR count). The number of fused-ring (bicyclic) bond motifs is 2. The third kappa shape index (κ3) is 2.27. The highest BCUT2D eigenvalue weighted by molar-refractivity contribution is 6.46. The Bertz CT molecular complexity index is 1010. The van der Waals surface area contributed by atoms with Crippen molar-refractivity contribution in [3.05, 3.63) is 30.1 Å². The van der Waals surface area contributed by atoms with Gasteiger partial charge in [-0.3, -0.25) is 9.48 Å². The summed E-state index contributed by atoms with van der Waals surface area (Å²) in [6.07, 6.45) is 7.89. The Hall–Kier alpha value is -2.96. The quantitative estimate of drug-likeness (QED) is 0.850. The molecular formula is C19H19N5O2. The van der Waals surface area contributed by atoms with Crippen molar-refractivity contribution in [3.63, 3.8) is 0 Å². The number of carbonyl (C=O) groups is 1. The van der Waals surface area contributed by atoms with Crippen LogP contribution in [0.3, 0.4) is 0 Å². The van der Waals surface area contributed by atoms with Crippen LogP contribution < -0.4 is 4.74 Å². The first-order valence-corrected chi connectivity index (χ1v) is 8.81. The highest BCUT2D eigenvalue weighted by Gasteiger charge is 2.36. The topological polar surface area (TPSA) is 72.1 Å². The Morgan fingerprint density at radius 1 is 1.27 bits per heavy atom. The molecule has 1 aromatic heterocycles. The monoisotopic (exact) mass is 349 g/mol. The van der Waals surface area contributed by atoms with Crippen LogP contribution >= 0.6 is 0 Å². The summed E-state index contributed by atoms with van der Waals surface area (Å²) >= 11 is 0. The van der Waals surface area contributed by atoms with Gasteiger partial charge in [-0.05, 0) is 36.5 Å². The van der Waals surface area contributed by atoms with E-state index in [4.69, 9.17) is 4.74 Å². The number of aryl methyl sites for hydroxylation is 1. The van der Waals surface area contributed by atoms with Crippen molar-refractivity contribution in [2.75, 3.05) is 13.7 Å². The van der Waals surface area contributed by atoms with E-state index < -0.39 is 0 Å². The second kappa shape index (κ2) is 5.52. The van der Waals surface area contributed by atoms with Crippen LogP contribution in [0.25, 0.3) is 16.5 Å². The molecule has 0 bridgehead atoms. The van der Waals surface area contributed by atoms with E-state index in [9.17, 15) is 4.79 Å². The smallest absolute Gasteiger partial charge is 0.274 e. The van der Waals surface area contributed by atoms with Gasteiger partial charge in [0.2, 0.25) is 0 Å². The second-order valence-electron chi connectivity index (χ2n) is 7.13. The average Bonchev–Trinajstić information content (AvgIpc) is 3.20. The lowest BCUT2D eigenvalue weighted by molar-refractivity contribution is -0.121. The minimum Gasteiger partial charge on any atom is -0.492 e. The molecule has 0 radical (unpaired) electrons. The summed E-state index contributed by atoms with van der Waals surface area (Å²) in [6.45, 7) is 0.711. The Balaban J connectivity index is 1.66. The zero-order valence-electron chi connectivity index (χ0n) is 14.7. The van der Waals surface area contributed by atoms with Gasteiger partial charge < -0.3 is 9.64 Å². The van der Waals surface area contributed by atoms with E-state index in [-0.39, 0.29) is 11.8 Å². The molecule has 1 saturated carbocycles. The van der Waals surface area contributed by atoms with Crippen LogP contribution in [-0.2, 0) is 11.8 Å². The molecule has 1 aliphatic carbocycles. The van der Waals surface area contributed by atoms with Crippen molar-refractivity contribution < 1.29 is 9.53 Å². The standard InChI is InChI=1S/C19H19N5O2/c1-23-9-15(13-7-20-22-17(13)19(23)25)12-5-6-16-14(8-21-24(16)2)18(12)26-10-11-3-4-11/h5-9,11,13H,3-4,10H2,1-2H3. The van der Waals surface area contributed by atoms with E-state index in [1.165, 1.54) is 12.8 Å². The molecule has 7 heteroatoms. The van der Waals surface area contributed by atoms with Gasteiger partial charge in [0.25, 0.3) is 5.91 Å². The normalized spacial score (nSPS) is 21.8. The molecule has 7 nitrogen and oxygen atoms in total. The first kappa shape index (κ1) is 15.3. The Labute approximate surface area is 150 Å². The van der Waals surface area contributed by atoms with Crippen LogP contribution in [0.1, 0.15) is 18.4 Å². The molecule has 2 aliphatic heterocycles. The SMILES string of the molecule is CN1C=C(c2ccc3c(cnn3C)c2OCC2CC2)C2C=NN=C2C1=O. The van der Waals surface area contributed by atoms with Crippen molar-refractivity contribution >= 4 is 34.3 Å². The van der Waals surface area contributed by atoms with Crippen LogP contribution in [0.4, 0.5) is 0 Å². The van der Waals surface area contributed by atoms with Crippen LogP contribution in [-0.4, -0.2) is 46.2 Å². The number of allylic oxidation sites excluding steroid dienone is 1. The minimum atomic E-state index is -0.226. The van der Waals surface area contributed by atoms with Crippen molar-refractivity contribution in [2.24, 2.45) is 29.1 Å². The predicted octanol–water partition coefficient (Wildman–Crippen LogP) is 2.23. The van der Waals surface area contributed by atoms with Crippen molar-refractivity contribution in [1.29, 1.82) is 0 Å². The van der Waals surface area contributed by atoms with E-state index >= 15 is 0 Å². The van der Waals surface area contributed by atoms with Gasteiger partial charge >= 0.3 is 0 Å². The summed E-state index contributed by atoms with van der Waals surface area (Å²) in [4.78, 5) is 13.9. The molecule has 0 saturated heterocycles. The lowest BCUT2D eigenvalue weighted by Gasteiger charge is -2.26. The van der Waals surface area contributed by atoms with Gasteiger partial charge in [-0.15, -0.1) is 5.10 Å². The number of hydrogen-bond acceptors (Lipinski definition) is 5. The van der Waals surface area contributed by atoms with Crippen LogP contribution in [0.15, 0.2) is 34.7 Å². The molecule has 1 fully saturated rings. The van der Waals surface area contributed by atoms with Gasteiger partial charge in [0, 0.05) is 32.1 Å². The maximum Gasteiger partial charge on any atom is 0.274 e. The number of rotatable bonds is 4. The molecule has 3 heterocycles. The molecule has 132 valence electrons. The van der Waals surface area contributed by atoms with E-state index in [2.05, 4.69) is 15.3 Å². The molecular weight excluding hydrogens is 330 g/mol. The molecule has 2 aromatic rings. The fourth-order valence-corrected chi connectivity index (χ4v) is 3.53. The first-order valence-electron chi connectivity index (χ1n) is 8.81. The number of aromatic nitrogens is 2. The molecule has 26 heavy (non-hydrogen) atoms. The number of nitrogens with zero attached hydrogens (tertiary/aromatic N) is 5. The summed E-state index contributed by atoms with van der Waals surface area (Å²) in [5.74, 6) is 1.14. The Morgan fingerprint density at radius 2 is 2.12 bits per heavy atom. The third-order valence-electron chi connectivity index (χ3n) is 5.24. The summed E-state index contributed by atoms with van der Waals surface area (Å²) in [5.41, 5.74) is 3.43. The van der Waals surface area contributed by atoms with Gasteiger partial charge in [0.15, 0.2) is 0 Å². The van der Waals surface area contributed by atoms with E-state index in [0.29, 0.717) is 18.2 Å². The molecule has 1 unspecified atom stereocenters. The zero-order valence-corrected chi connectivity index (χ0v) is 14.7. The van der Waals surface area contributed by atoms with Gasteiger partial charge in [-0.2, -0.15) is 10.2 Å². The maximum atomic E-state index is 12.3. The predicted molar refractivity (Wildman–Crippen MR) is 99.1 cm³/mol. The molecule has 3 aliphatic rings. The molecule has 0 N–H and O–H groups in total. The number of ether oxygens (including phenoxy) is 1. The summed E-state index contributed by atoms with van der Waals surface area (Å²) < 4.78 is 8.11. The largest absolute Gasteiger partial charge is 0.492 e. The third-order valence-corrected chi connectivity index (χ3v) is 5.24. The molecule has 1 aromatic carbocycles. The molecule has 0 spiro atoms. The fraction of sp³-hybridized carbons (Fsp3) is 0.368. The summed E-state index contributed by atoms with van der Waals surface area (Å²) in [6, 6.07) is 4.09. The van der Waals surface area contributed by atoms with Crippen LogP contribution in [0.2, 0.25) is 0 Å². The van der Waals surface area contributed by atoms with Crippen molar-refractivity contribution in [1.82, 2.24) is 14.7 Å². The van der Waals surface area contributed by atoms with Gasteiger partial charge in [-0.25, -0.2) is 0 Å². The molecule has 1 amide bonds.